The Bertz CT molecular complexity index is 339. The largest absolute Gasteiger partial charge is 0.377 e. The van der Waals surface area contributed by atoms with Crippen molar-refractivity contribution in [2.24, 2.45) is 0 Å². The Balaban J connectivity index is 2.66. The second kappa shape index (κ2) is 4.94. The fraction of sp³-hybridized carbons (Fsp3) is 0.545. The lowest BCUT2D eigenvalue weighted by Crippen LogP contribution is -2.32. The molecule has 1 aromatic rings. The summed E-state index contributed by atoms with van der Waals surface area (Å²) in [5.41, 5.74) is 0.949. The lowest BCUT2D eigenvalue weighted by atomic mass is 10.1. The summed E-state index contributed by atoms with van der Waals surface area (Å²) >= 11 is 3.47. The van der Waals surface area contributed by atoms with Gasteiger partial charge < -0.3 is 10.1 Å². The molecule has 0 aromatic carbocycles. The van der Waals surface area contributed by atoms with E-state index in [-0.39, 0.29) is 5.60 Å². The maximum atomic E-state index is 5.32. The van der Waals surface area contributed by atoms with Crippen LogP contribution in [0.2, 0.25) is 0 Å². The molecule has 1 heterocycles. The van der Waals surface area contributed by atoms with Gasteiger partial charge in [0.1, 0.15) is 5.82 Å². The lowest BCUT2D eigenvalue weighted by Gasteiger charge is -2.23. The maximum absolute atomic E-state index is 5.32. The molecule has 15 heavy (non-hydrogen) atoms. The van der Waals surface area contributed by atoms with Crippen LogP contribution in [0.25, 0.3) is 0 Å². The first-order chi connectivity index (χ1) is 6.94. The van der Waals surface area contributed by atoms with Crippen molar-refractivity contribution < 1.29 is 4.74 Å². The molecule has 1 rings (SSSR count). The molecule has 0 saturated carbocycles. The van der Waals surface area contributed by atoms with E-state index in [4.69, 9.17) is 4.74 Å². The van der Waals surface area contributed by atoms with Gasteiger partial charge in [-0.25, -0.2) is 4.98 Å². The first-order valence-electron chi connectivity index (χ1n) is 4.86. The molecule has 0 aliphatic rings. The van der Waals surface area contributed by atoms with Crippen LogP contribution in [-0.2, 0) is 4.74 Å². The van der Waals surface area contributed by atoms with Gasteiger partial charge in [0, 0.05) is 19.9 Å². The Morgan fingerprint density at radius 2 is 2.20 bits per heavy atom. The van der Waals surface area contributed by atoms with Gasteiger partial charge in [0.05, 0.1) is 10.1 Å². The van der Waals surface area contributed by atoms with Gasteiger partial charge in [0.15, 0.2) is 0 Å². The van der Waals surface area contributed by atoms with Crippen LogP contribution in [0.1, 0.15) is 19.4 Å². The molecule has 0 bridgehead atoms. The number of anilines is 1. The summed E-state index contributed by atoms with van der Waals surface area (Å²) in [5, 5.41) is 3.25. The molecule has 3 nitrogen and oxygen atoms in total. The van der Waals surface area contributed by atoms with Crippen molar-refractivity contribution in [2.45, 2.75) is 26.4 Å². The van der Waals surface area contributed by atoms with E-state index in [1.165, 1.54) is 0 Å². The van der Waals surface area contributed by atoms with Crippen molar-refractivity contribution >= 4 is 21.7 Å². The Labute approximate surface area is 99.4 Å². The SMILES string of the molecule is COC(C)(C)CNc1ncc(C)cc1Br. The summed E-state index contributed by atoms with van der Waals surface area (Å²) in [6, 6.07) is 2.04. The molecule has 0 radical (unpaired) electrons. The third-order valence-corrected chi connectivity index (χ3v) is 2.82. The second-order valence-corrected chi connectivity index (χ2v) is 5.01. The van der Waals surface area contributed by atoms with Gasteiger partial charge in [-0.2, -0.15) is 0 Å². The third kappa shape index (κ3) is 3.80. The highest BCUT2D eigenvalue weighted by atomic mass is 79.9. The fourth-order valence-corrected chi connectivity index (χ4v) is 1.64. The molecule has 0 fully saturated rings. The third-order valence-electron chi connectivity index (χ3n) is 2.21. The Kier molecular flexibility index (Phi) is 4.11. The number of aryl methyl sites for hydroxylation is 1. The summed E-state index contributed by atoms with van der Waals surface area (Å²) in [7, 11) is 1.71. The van der Waals surface area contributed by atoms with E-state index in [0.29, 0.717) is 0 Å². The monoisotopic (exact) mass is 272 g/mol. The van der Waals surface area contributed by atoms with Crippen molar-refractivity contribution in [2.75, 3.05) is 19.0 Å². The van der Waals surface area contributed by atoms with Crippen molar-refractivity contribution in [1.29, 1.82) is 0 Å². The predicted molar refractivity (Wildman–Crippen MR) is 66.3 cm³/mol. The van der Waals surface area contributed by atoms with Crippen LogP contribution in [0.3, 0.4) is 0 Å². The Morgan fingerprint density at radius 1 is 1.53 bits per heavy atom. The van der Waals surface area contributed by atoms with E-state index in [2.05, 4.69) is 26.2 Å². The van der Waals surface area contributed by atoms with Gasteiger partial charge in [-0.15, -0.1) is 0 Å². The van der Waals surface area contributed by atoms with Crippen LogP contribution in [0.5, 0.6) is 0 Å². The van der Waals surface area contributed by atoms with Crippen LogP contribution in [0.4, 0.5) is 5.82 Å². The molecule has 0 spiro atoms. The zero-order valence-corrected chi connectivity index (χ0v) is 11.2. The molecule has 0 unspecified atom stereocenters. The fourth-order valence-electron chi connectivity index (χ4n) is 1.03. The second-order valence-electron chi connectivity index (χ2n) is 4.16. The number of nitrogens with zero attached hydrogens (tertiary/aromatic N) is 1. The first kappa shape index (κ1) is 12.5. The smallest absolute Gasteiger partial charge is 0.140 e. The summed E-state index contributed by atoms with van der Waals surface area (Å²) in [6.45, 7) is 6.79. The van der Waals surface area contributed by atoms with E-state index in [0.717, 1.165) is 22.4 Å². The minimum Gasteiger partial charge on any atom is -0.377 e. The van der Waals surface area contributed by atoms with Crippen LogP contribution in [0, 0.1) is 6.92 Å². The molecular weight excluding hydrogens is 256 g/mol. The molecule has 0 atom stereocenters. The molecule has 0 aliphatic carbocycles. The highest BCUT2D eigenvalue weighted by molar-refractivity contribution is 9.10. The van der Waals surface area contributed by atoms with Crippen LogP contribution >= 0.6 is 15.9 Å². The van der Waals surface area contributed by atoms with E-state index in [1.54, 1.807) is 7.11 Å². The number of ether oxygens (including phenoxy) is 1. The predicted octanol–water partition coefficient (Wildman–Crippen LogP) is 2.99. The number of pyridine rings is 1. The minimum absolute atomic E-state index is 0.188. The summed E-state index contributed by atoms with van der Waals surface area (Å²) < 4.78 is 6.30. The molecule has 4 heteroatoms. The molecule has 1 aromatic heterocycles. The number of nitrogens with one attached hydrogen (secondary N) is 1. The van der Waals surface area contributed by atoms with Crippen LogP contribution in [0.15, 0.2) is 16.7 Å². The number of hydrogen-bond acceptors (Lipinski definition) is 3. The zero-order valence-electron chi connectivity index (χ0n) is 9.60. The molecule has 84 valence electrons. The van der Waals surface area contributed by atoms with E-state index < -0.39 is 0 Å². The average Bonchev–Trinajstić information content (AvgIpc) is 2.16. The quantitative estimate of drug-likeness (QED) is 0.915. The van der Waals surface area contributed by atoms with E-state index in [9.17, 15) is 0 Å². The van der Waals surface area contributed by atoms with Gasteiger partial charge in [0.25, 0.3) is 0 Å². The highest BCUT2D eigenvalue weighted by Crippen LogP contribution is 2.21. The molecule has 0 amide bonds. The Morgan fingerprint density at radius 3 is 2.73 bits per heavy atom. The highest BCUT2D eigenvalue weighted by Gasteiger charge is 2.16. The van der Waals surface area contributed by atoms with Crippen molar-refractivity contribution in [3.8, 4) is 0 Å². The average molecular weight is 273 g/mol. The number of hydrogen-bond donors (Lipinski definition) is 1. The van der Waals surface area contributed by atoms with Gasteiger partial charge >= 0.3 is 0 Å². The summed E-state index contributed by atoms with van der Waals surface area (Å²) in [4.78, 5) is 4.30. The summed E-state index contributed by atoms with van der Waals surface area (Å²) in [6.07, 6.45) is 1.84. The van der Waals surface area contributed by atoms with E-state index in [1.807, 2.05) is 33.0 Å². The summed E-state index contributed by atoms with van der Waals surface area (Å²) in [5.74, 6) is 0.853. The van der Waals surface area contributed by atoms with Crippen molar-refractivity contribution in [1.82, 2.24) is 4.98 Å². The molecular formula is C11H17BrN2O. The van der Waals surface area contributed by atoms with Crippen LogP contribution < -0.4 is 5.32 Å². The number of halogens is 1. The van der Waals surface area contributed by atoms with Crippen LogP contribution in [-0.4, -0.2) is 24.2 Å². The topological polar surface area (TPSA) is 34.1 Å². The first-order valence-corrected chi connectivity index (χ1v) is 5.65. The van der Waals surface area contributed by atoms with Crippen molar-refractivity contribution in [3.63, 3.8) is 0 Å². The molecule has 1 N–H and O–H groups in total. The molecule has 0 aliphatic heterocycles. The molecule has 0 saturated heterocycles. The number of rotatable bonds is 4. The lowest BCUT2D eigenvalue weighted by molar-refractivity contribution is 0.0343. The van der Waals surface area contributed by atoms with E-state index >= 15 is 0 Å². The van der Waals surface area contributed by atoms with Crippen molar-refractivity contribution in [3.05, 3.63) is 22.3 Å². The standard InChI is InChI=1S/C11H17BrN2O/c1-8-5-9(12)10(13-6-8)14-7-11(2,3)15-4/h5-6H,7H2,1-4H3,(H,13,14). The Hall–Kier alpha value is -0.610. The van der Waals surface area contributed by atoms with Gasteiger partial charge in [-0.05, 0) is 48.3 Å². The number of aromatic nitrogens is 1. The van der Waals surface area contributed by atoms with Gasteiger partial charge in [-0.3, -0.25) is 0 Å². The van der Waals surface area contributed by atoms with Gasteiger partial charge in [-0.1, -0.05) is 0 Å². The zero-order chi connectivity index (χ0) is 11.5. The maximum Gasteiger partial charge on any atom is 0.140 e. The number of methoxy groups -OCH3 is 1. The minimum atomic E-state index is -0.188. The van der Waals surface area contributed by atoms with Gasteiger partial charge in [0.2, 0.25) is 0 Å². The normalized spacial score (nSPS) is 11.5.